The molecule has 10 nitrogen and oxygen atoms in total. The monoisotopic (exact) mass is 454 g/mol. The third-order valence-electron chi connectivity index (χ3n) is 4.87. The molecule has 0 spiro atoms. The summed E-state index contributed by atoms with van der Waals surface area (Å²) in [5.41, 5.74) is 0.0976. The molecule has 10 heteroatoms. The minimum Gasteiger partial charge on any atom is -0.246 e. The smallest absolute Gasteiger partial charge is 0.246 e. The van der Waals surface area contributed by atoms with E-state index < -0.39 is 22.8 Å². The first-order chi connectivity index (χ1) is 14.9. The van der Waals surface area contributed by atoms with Crippen molar-refractivity contribution in [1.29, 1.82) is 0 Å². The van der Waals surface area contributed by atoms with E-state index in [1.54, 1.807) is 36.4 Å². The molecular weight excluding hydrogens is 424 g/mol. The van der Waals surface area contributed by atoms with E-state index in [0.717, 1.165) is 0 Å². The maximum atomic E-state index is 9.62. The van der Waals surface area contributed by atoms with Crippen LogP contribution in [0.5, 0.6) is 0 Å². The summed E-state index contributed by atoms with van der Waals surface area (Å²) in [6, 6.07) is 12.9. The molecule has 0 aliphatic carbocycles. The van der Waals surface area contributed by atoms with Crippen LogP contribution in [0.2, 0.25) is 0 Å². The molecule has 0 saturated heterocycles. The zero-order valence-corrected chi connectivity index (χ0v) is 18.9. The fourth-order valence-electron chi connectivity index (χ4n) is 3.30. The summed E-state index contributed by atoms with van der Waals surface area (Å²) in [7, 11) is 0. The van der Waals surface area contributed by atoms with Crippen LogP contribution in [0.1, 0.15) is 63.8 Å². The Hall–Kier alpha value is -1.96. The molecule has 4 N–H and O–H groups in total. The number of hydrogen-bond acceptors (Lipinski definition) is 10. The van der Waals surface area contributed by atoms with Crippen molar-refractivity contribution in [3.8, 4) is 0 Å². The lowest BCUT2D eigenvalue weighted by atomic mass is 9.83. The van der Waals surface area contributed by atoms with Crippen molar-refractivity contribution < 1.29 is 50.4 Å². The predicted octanol–water partition coefficient (Wildman–Crippen LogP) is 5.11. The molecule has 32 heavy (non-hydrogen) atoms. The molecule has 2 aromatic carbocycles. The first kappa shape index (κ1) is 26.3. The second kappa shape index (κ2) is 9.89. The summed E-state index contributed by atoms with van der Waals surface area (Å²) < 4.78 is 0. The Labute approximate surface area is 186 Å². The summed E-state index contributed by atoms with van der Waals surface area (Å²) in [6.07, 6.45) is 0. The van der Waals surface area contributed by atoms with Crippen LogP contribution < -0.4 is 0 Å². The normalized spacial score (nSPS) is 13.4. The molecule has 0 heterocycles. The Bertz CT molecular complexity index is 803. The van der Waals surface area contributed by atoms with Gasteiger partial charge in [-0.15, -0.1) is 0 Å². The van der Waals surface area contributed by atoms with Crippen LogP contribution in [-0.2, 0) is 52.1 Å². The highest BCUT2D eigenvalue weighted by atomic mass is 17.4. The average Bonchev–Trinajstić information content (AvgIpc) is 2.77. The molecular formula is C22H30O10. The van der Waals surface area contributed by atoms with E-state index in [9.17, 15) is 21.0 Å². The highest BCUT2D eigenvalue weighted by Crippen LogP contribution is 2.41. The first-order valence-electron chi connectivity index (χ1n) is 9.78. The van der Waals surface area contributed by atoms with Gasteiger partial charge in [0.2, 0.25) is 0 Å². The van der Waals surface area contributed by atoms with Crippen LogP contribution in [0.25, 0.3) is 0 Å². The van der Waals surface area contributed by atoms with Crippen LogP contribution >= 0.6 is 0 Å². The van der Waals surface area contributed by atoms with E-state index in [0.29, 0.717) is 11.1 Å². The van der Waals surface area contributed by atoms with Gasteiger partial charge in [0.1, 0.15) is 0 Å². The van der Waals surface area contributed by atoms with Crippen LogP contribution in [0, 0.1) is 0 Å². The second-order valence-corrected chi connectivity index (χ2v) is 9.24. The Morgan fingerprint density at radius 1 is 0.469 bits per heavy atom. The van der Waals surface area contributed by atoms with Gasteiger partial charge in [0, 0.05) is 0 Å². The van der Waals surface area contributed by atoms with Gasteiger partial charge in [-0.25, -0.2) is 21.0 Å². The highest BCUT2D eigenvalue weighted by molar-refractivity contribution is 5.36. The Kier molecular flexibility index (Phi) is 8.13. The van der Waals surface area contributed by atoms with E-state index in [1.807, 2.05) is 41.5 Å². The predicted molar refractivity (Wildman–Crippen MR) is 111 cm³/mol. The molecule has 0 saturated carbocycles. The highest BCUT2D eigenvalue weighted by Gasteiger charge is 2.50. The van der Waals surface area contributed by atoms with Crippen molar-refractivity contribution >= 4 is 0 Å². The van der Waals surface area contributed by atoms with E-state index >= 15 is 0 Å². The third kappa shape index (κ3) is 5.16. The van der Waals surface area contributed by atoms with E-state index in [-0.39, 0.29) is 11.1 Å². The fraction of sp³-hybridized carbons (Fsp3) is 0.455. The number of rotatable bonds is 9. The van der Waals surface area contributed by atoms with Crippen molar-refractivity contribution in [2.45, 2.75) is 64.3 Å². The third-order valence-corrected chi connectivity index (χ3v) is 4.87. The lowest BCUT2D eigenvalue weighted by Gasteiger charge is -2.35. The number of benzene rings is 2. The van der Waals surface area contributed by atoms with Crippen LogP contribution in [0.4, 0.5) is 0 Å². The summed E-state index contributed by atoms with van der Waals surface area (Å²) >= 11 is 0. The minimum absolute atomic E-state index is 0.0198. The van der Waals surface area contributed by atoms with Crippen LogP contribution in [0.3, 0.4) is 0 Å². The maximum Gasteiger partial charge on any atom is 0.392 e. The SMILES string of the molecule is CC(C)(C)c1ccccc1C(OO)(OO)OOC(OO)(OO)c1ccccc1C(C)(C)C. The lowest BCUT2D eigenvalue weighted by Crippen LogP contribution is -2.43. The molecule has 0 amide bonds. The first-order valence-corrected chi connectivity index (χ1v) is 9.78. The standard InChI is InChI=1S/C22H30O10/c1-19(2,3)15-11-7-9-13-17(15)21(27-23,28-24)31-32-22(29-25,30-26)18-14-10-8-12-16(18)20(4,5)6/h7-14,23-26H,1-6H3. The number of hydrogen-bond donors (Lipinski definition) is 4. The maximum absolute atomic E-state index is 9.62. The van der Waals surface area contributed by atoms with Gasteiger partial charge in [0.05, 0.1) is 11.1 Å². The van der Waals surface area contributed by atoms with Gasteiger partial charge in [0.25, 0.3) is 0 Å². The molecule has 0 fully saturated rings. The Morgan fingerprint density at radius 2 is 0.719 bits per heavy atom. The quantitative estimate of drug-likeness (QED) is 0.230. The van der Waals surface area contributed by atoms with Crippen molar-refractivity contribution in [1.82, 2.24) is 0 Å². The molecule has 0 aliphatic rings. The van der Waals surface area contributed by atoms with Crippen LogP contribution in [0.15, 0.2) is 48.5 Å². The van der Waals surface area contributed by atoms with Crippen LogP contribution in [-0.4, -0.2) is 21.0 Å². The molecule has 178 valence electrons. The van der Waals surface area contributed by atoms with Gasteiger partial charge >= 0.3 is 11.9 Å². The average molecular weight is 454 g/mol. The summed E-state index contributed by atoms with van der Waals surface area (Å²) in [4.78, 5) is 27.5. The Morgan fingerprint density at radius 3 is 0.938 bits per heavy atom. The fourth-order valence-corrected chi connectivity index (χ4v) is 3.30. The van der Waals surface area contributed by atoms with Gasteiger partial charge in [-0.2, -0.15) is 29.3 Å². The minimum atomic E-state index is -2.76. The molecule has 0 bridgehead atoms. The van der Waals surface area contributed by atoms with Gasteiger partial charge < -0.3 is 0 Å². The largest absolute Gasteiger partial charge is 0.392 e. The molecule has 0 radical (unpaired) electrons. The molecule has 0 aliphatic heterocycles. The second-order valence-electron chi connectivity index (χ2n) is 9.24. The summed E-state index contributed by atoms with van der Waals surface area (Å²) in [5.74, 6) is -5.52. The summed E-state index contributed by atoms with van der Waals surface area (Å²) in [6.45, 7) is 11.2. The van der Waals surface area contributed by atoms with E-state index in [1.165, 1.54) is 12.1 Å². The summed E-state index contributed by atoms with van der Waals surface area (Å²) in [5, 5.41) is 38.5. The molecule has 2 aromatic rings. The van der Waals surface area contributed by atoms with Gasteiger partial charge in [-0.3, -0.25) is 0 Å². The van der Waals surface area contributed by atoms with Crippen molar-refractivity contribution in [3.05, 3.63) is 70.8 Å². The van der Waals surface area contributed by atoms with Crippen molar-refractivity contribution in [2.75, 3.05) is 0 Å². The molecule has 0 atom stereocenters. The van der Waals surface area contributed by atoms with Gasteiger partial charge in [0.15, 0.2) is 0 Å². The Balaban J connectivity index is 2.57. The zero-order valence-electron chi connectivity index (χ0n) is 18.9. The van der Waals surface area contributed by atoms with Crippen molar-refractivity contribution in [2.24, 2.45) is 0 Å². The van der Waals surface area contributed by atoms with Gasteiger partial charge in [-0.1, -0.05) is 90.1 Å². The van der Waals surface area contributed by atoms with E-state index in [2.05, 4.69) is 19.6 Å². The lowest BCUT2D eigenvalue weighted by molar-refractivity contribution is -0.705. The zero-order chi connectivity index (χ0) is 24.2. The molecule has 0 unspecified atom stereocenters. The molecule has 0 aromatic heterocycles. The van der Waals surface area contributed by atoms with Crippen molar-refractivity contribution in [3.63, 3.8) is 0 Å². The topological polar surface area (TPSA) is 136 Å². The van der Waals surface area contributed by atoms with Gasteiger partial charge in [-0.05, 0) is 22.0 Å². The van der Waals surface area contributed by atoms with E-state index in [4.69, 9.17) is 9.78 Å². The molecule has 2 rings (SSSR count).